The molecule has 3 aromatic rings. The number of aliphatic hydroxyl groups excluding tert-OH is 1. The van der Waals surface area contributed by atoms with Crippen LogP contribution < -0.4 is 10.2 Å². The highest BCUT2D eigenvalue weighted by atomic mass is 16.5. The fourth-order valence-corrected chi connectivity index (χ4v) is 2.58. The van der Waals surface area contributed by atoms with Crippen LogP contribution in [0.1, 0.15) is 19.5 Å². The highest BCUT2D eigenvalue weighted by Gasteiger charge is 2.20. The zero-order chi connectivity index (χ0) is 19.2. The van der Waals surface area contributed by atoms with E-state index in [-0.39, 0.29) is 6.61 Å². The first-order valence-electron chi connectivity index (χ1n) is 8.88. The second kappa shape index (κ2) is 8.69. The summed E-state index contributed by atoms with van der Waals surface area (Å²) in [6.07, 6.45) is 3.11. The minimum atomic E-state index is -0.211. The molecule has 3 aromatic heterocycles. The van der Waals surface area contributed by atoms with Crippen LogP contribution in [-0.2, 0) is 17.9 Å². The number of rotatable bonds is 9. The average molecular weight is 372 g/mol. The van der Waals surface area contributed by atoms with Gasteiger partial charge in [0.1, 0.15) is 28.9 Å². The van der Waals surface area contributed by atoms with Crippen molar-refractivity contribution < 1.29 is 9.84 Å². The van der Waals surface area contributed by atoms with Crippen molar-refractivity contribution in [2.24, 2.45) is 0 Å². The molecular formula is C17H24N8O2. The maximum atomic E-state index is 9.77. The van der Waals surface area contributed by atoms with Gasteiger partial charge in [0.2, 0.25) is 5.95 Å². The van der Waals surface area contributed by atoms with Gasteiger partial charge in [-0.05, 0) is 19.9 Å². The second-order valence-electron chi connectivity index (χ2n) is 5.83. The lowest BCUT2D eigenvalue weighted by Crippen LogP contribution is -2.19. The molecule has 0 fully saturated rings. The Morgan fingerprint density at radius 2 is 2.15 bits per heavy atom. The Hall–Kier alpha value is -2.85. The first kappa shape index (κ1) is 18.9. The number of aliphatic hydroxyl groups is 1. The van der Waals surface area contributed by atoms with E-state index in [1.165, 1.54) is 6.33 Å². The maximum Gasteiger partial charge on any atom is 0.227 e. The summed E-state index contributed by atoms with van der Waals surface area (Å²) >= 11 is 0. The van der Waals surface area contributed by atoms with Gasteiger partial charge in [-0.1, -0.05) is 0 Å². The quantitative estimate of drug-likeness (QED) is 0.537. The molecule has 2 N–H and O–H groups in total. The van der Waals surface area contributed by atoms with Crippen molar-refractivity contribution in [1.82, 2.24) is 29.7 Å². The van der Waals surface area contributed by atoms with E-state index in [9.17, 15) is 5.11 Å². The second-order valence-corrected chi connectivity index (χ2v) is 5.83. The third-order valence-corrected chi connectivity index (χ3v) is 4.09. The standard InChI is InChI=1S/C17H24N8O2/c1-4-24(3)17-21-14-12(10-26)23-25(8-9-27-5-2)15(14)16(22-17)20-13-6-7-18-11-19-13/h6-7,11,26H,4-5,8-10H2,1-3H3,(H,18,19,20,21,22). The number of fused-ring (bicyclic) bond motifs is 1. The summed E-state index contributed by atoms with van der Waals surface area (Å²) < 4.78 is 7.21. The van der Waals surface area contributed by atoms with Gasteiger partial charge < -0.3 is 20.1 Å². The van der Waals surface area contributed by atoms with Crippen LogP contribution >= 0.6 is 0 Å². The van der Waals surface area contributed by atoms with E-state index in [0.29, 0.717) is 54.1 Å². The third-order valence-electron chi connectivity index (χ3n) is 4.09. The van der Waals surface area contributed by atoms with E-state index in [4.69, 9.17) is 4.74 Å². The predicted molar refractivity (Wildman–Crippen MR) is 102 cm³/mol. The molecule has 0 aliphatic heterocycles. The highest BCUT2D eigenvalue weighted by molar-refractivity contribution is 5.90. The summed E-state index contributed by atoms with van der Waals surface area (Å²) in [4.78, 5) is 19.4. The Morgan fingerprint density at radius 3 is 2.81 bits per heavy atom. The lowest BCUT2D eigenvalue weighted by atomic mass is 10.3. The van der Waals surface area contributed by atoms with Crippen LogP contribution in [0.15, 0.2) is 18.6 Å². The predicted octanol–water partition coefficient (Wildman–Crippen LogP) is 1.34. The number of anilines is 3. The fourth-order valence-electron chi connectivity index (χ4n) is 2.58. The molecule has 0 aromatic carbocycles. The first-order valence-corrected chi connectivity index (χ1v) is 8.88. The Morgan fingerprint density at radius 1 is 1.30 bits per heavy atom. The van der Waals surface area contributed by atoms with Crippen molar-refractivity contribution in [3.05, 3.63) is 24.3 Å². The maximum absolute atomic E-state index is 9.77. The molecule has 0 radical (unpaired) electrons. The number of hydrogen-bond acceptors (Lipinski definition) is 9. The normalized spacial score (nSPS) is 11.1. The molecule has 3 rings (SSSR count). The van der Waals surface area contributed by atoms with Crippen LogP contribution in [-0.4, -0.2) is 61.6 Å². The van der Waals surface area contributed by atoms with Crippen molar-refractivity contribution in [2.45, 2.75) is 27.0 Å². The number of aromatic nitrogens is 6. The molecule has 144 valence electrons. The van der Waals surface area contributed by atoms with Gasteiger partial charge >= 0.3 is 0 Å². The molecule has 27 heavy (non-hydrogen) atoms. The van der Waals surface area contributed by atoms with Crippen LogP contribution in [0.5, 0.6) is 0 Å². The number of nitrogens with zero attached hydrogens (tertiary/aromatic N) is 7. The summed E-state index contributed by atoms with van der Waals surface area (Å²) in [6, 6.07) is 1.75. The molecule has 0 spiro atoms. The van der Waals surface area contributed by atoms with Crippen LogP contribution in [0, 0.1) is 0 Å². The highest BCUT2D eigenvalue weighted by Crippen LogP contribution is 2.28. The van der Waals surface area contributed by atoms with Crippen molar-refractivity contribution in [3.8, 4) is 0 Å². The Bertz CT molecular complexity index is 884. The fraction of sp³-hybridized carbons (Fsp3) is 0.471. The summed E-state index contributed by atoms with van der Waals surface area (Å²) in [7, 11) is 1.91. The number of nitrogens with one attached hydrogen (secondary N) is 1. The summed E-state index contributed by atoms with van der Waals surface area (Å²) in [5.41, 5.74) is 1.81. The monoisotopic (exact) mass is 372 g/mol. The Labute approximate surface area is 157 Å². The van der Waals surface area contributed by atoms with Crippen molar-refractivity contribution in [3.63, 3.8) is 0 Å². The molecular weight excluding hydrogens is 348 g/mol. The molecule has 10 heteroatoms. The van der Waals surface area contributed by atoms with Crippen molar-refractivity contribution in [2.75, 3.05) is 37.0 Å². The summed E-state index contributed by atoms with van der Waals surface area (Å²) in [5.74, 6) is 1.72. The topological polar surface area (TPSA) is 114 Å². The van der Waals surface area contributed by atoms with Gasteiger partial charge in [0.05, 0.1) is 19.8 Å². The van der Waals surface area contributed by atoms with E-state index in [0.717, 1.165) is 6.54 Å². The molecule has 0 aliphatic rings. The molecule has 0 aliphatic carbocycles. The molecule has 0 bridgehead atoms. The van der Waals surface area contributed by atoms with E-state index in [1.54, 1.807) is 16.9 Å². The Balaban J connectivity index is 2.13. The minimum Gasteiger partial charge on any atom is -0.390 e. The molecule has 0 unspecified atom stereocenters. The molecule has 0 amide bonds. The average Bonchev–Trinajstić information content (AvgIpc) is 3.06. The van der Waals surface area contributed by atoms with Gasteiger partial charge in [0.25, 0.3) is 0 Å². The number of hydrogen-bond donors (Lipinski definition) is 2. The molecule has 0 atom stereocenters. The van der Waals surface area contributed by atoms with Crippen molar-refractivity contribution >= 4 is 28.6 Å². The first-order chi connectivity index (χ1) is 13.2. The van der Waals surface area contributed by atoms with Gasteiger partial charge in [0.15, 0.2) is 5.82 Å². The minimum absolute atomic E-state index is 0.211. The molecule has 0 saturated carbocycles. The lowest BCUT2D eigenvalue weighted by Gasteiger charge is -2.16. The lowest BCUT2D eigenvalue weighted by molar-refractivity contribution is 0.137. The SMILES string of the molecule is CCOCCn1nc(CO)c2nc(N(C)CC)nc(Nc3ccncn3)c21. The van der Waals surface area contributed by atoms with E-state index in [1.807, 2.05) is 25.8 Å². The van der Waals surface area contributed by atoms with Gasteiger partial charge in [0, 0.05) is 26.4 Å². The van der Waals surface area contributed by atoms with Gasteiger partial charge in [-0.25, -0.2) is 15.0 Å². The van der Waals surface area contributed by atoms with Crippen LogP contribution in [0.2, 0.25) is 0 Å². The zero-order valence-corrected chi connectivity index (χ0v) is 15.8. The summed E-state index contributed by atoms with van der Waals surface area (Å²) in [6.45, 7) is 6.14. The Kier molecular flexibility index (Phi) is 6.09. The van der Waals surface area contributed by atoms with E-state index < -0.39 is 0 Å². The van der Waals surface area contributed by atoms with Crippen LogP contribution in [0.3, 0.4) is 0 Å². The molecule has 10 nitrogen and oxygen atoms in total. The van der Waals surface area contributed by atoms with Gasteiger partial charge in [-0.2, -0.15) is 10.1 Å². The van der Waals surface area contributed by atoms with E-state index in [2.05, 4.69) is 30.4 Å². The van der Waals surface area contributed by atoms with Gasteiger partial charge in [-0.15, -0.1) is 0 Å². The van der Waals surface area contributed by atoms with Crippen LogP contribution in [0.25, 0.3) is 11.0 Å². The number of ether oxygens (including phenoxy) is 1. The van der Waals surface area contributed by atoms with Gasteiger partial charge in [-0.3, -0.25) is 4.68 Å². The molecule has 0 saturated heterocycles. The largest absolute Gasteiger partial charge is 0.390 e. The van der Waals surface area contributed by atoms with E-state index >= 15 is 0 Å². The molecule has 3 heterocycles. The third kappa shape index (κ3) is 4.12. The zero-order valence-electron chi connectivity index (χ0n) is 15.8. The van der Waals surface area contributed by atoms with Crippen molar-refractivity contribution in [1.29, 1.82) is 0 Å². The smallest absolute Gasteiger partial charge is 0.227 e. The summed E-state index contributed by atoms with van der Waals surface area (Å²) in [5, 5.41) is 17.5. The van der Waals surface area contributed by atoms with Crippen LogP contribution in [0.4, 0.5) is 17.6 Å².